The van der Waals surface area contributed by atoms with Crippen molar-refractivity contribution in [1.29, 1.82) is 0 Å². The first-order chi connectivity index (χ1) is 12.4. The van der Waals surface area contributed by atoms with Gasteiger partial charge in [-0.05, 0) is 43.2 Å². The predicted octanol–water partition coefficient (Wildman–Crippen LogP) is 3.81. The second kappa shape index (κ2) is 7.86. The maximum atomic E-state index is 13.2. The molecule has 1 aliphatic rings. The molecule has 1 aliphatic heterocycles. The molecule has 5 nitrogen and oxygen atoms in total. The summed E-state index contributed by atoms with van der Waals surface area (Å²) in [5.74, 6) is -0.238. The molecule has 1 fully saturated rings. The fourth-order valence-corrected chi connectivity index (χ4v) is 4.84. The lowest BCUT2D eigenvalue weighted by molar-refractivity contribution is -0.128. The van der Waals surface area contributed by atoms with Crippen LogP contribution >= 0.6 is 23.2 Å². The Morgan fingerprint density at radius 3 is 2.15 bits per heavy atom. The number of carbonyl (C=O) groups is 1. The molecule has 0 aromatic heterocycles. The van der Waals surface area contributed by atoms with Gasteiger partial charge in [0.1, 0.15) is 6.54 Å². The van der Waals surface area contributed by atoms with Crippen LogP contribution in [0.2, 0.25) is 10.0 Å². The monoisotopic (exact) mass is 412 g/mol. The summed E-state index contributed by atoms with van der Waals surface area (Å²) in [6.45, 7) is 0.997. The molecule has 2 aromatic carbocycles. The molecular weight excluding hydrogens is 395 g/mol. The molecule has 3 rings (SSSR count). The maximum Gasteiger partial charge on any atom is 0.264 e. The van der Waals surface area contributed by atoms with Gasteiger partial charge >= 0.3 is 0 Å². The molecule has 138 valence electrons. The van der Waals surface area contributed by atoms with Crippen molar-refractivity contribution in [2.75, 3.05) is 23.9 Å². The molecule has 0 unspecified atom stereocenters. The number of benzene rings is 2. The minimum Gasteiger partial charge on any atom is -0.341 e. The molecule has 0 aliphatic carbocycles. The van der Waals surface area contributed by atoms with Crippen LogP contribution in [-0.4, -0.2) is 38.9 Å². The van der Waals surface area contributed by atoms with Crippen LogP contribution in [0.5, 0.6) is 0 Å². The van der Waals surface area contributed by atoms with Gasteiger partial charge in [0.15, 0.2) is 0 Å². The van der Waals surface area contributed by atoms with Crippen LogP contribution < -0.4 is 4.31 Å². The topological polar surface area (TPSA) is 57.7 Å². The first-order valence-corrected chi connectivity index (χ1v) is 10.4. The van der Waals surface area contributed by atoms with E-state index in [2.05, 4.69) is 0 Å². The van der Waals surface area contributed by atoms with Crippen molar-refractivity contribution in [2.24, 2.45) is 0 Å². The summed E-state index contributed by atoms with van der Waals surface area (Å²) in [5, 5.41) is 0.601. The van der Waals surface area contributed by atoms with Gasteiger partial charge < -0.3 is 4.90 Å². The fourth-order valence-electron chi connectivity index (χ4n) is 2.91. The minimum atomic E-state index is -3.94. The van der Waals surface area contributed by atoms with Crippen LogP contribution in [0.3, 0.4) is 0 Å². The van der Waals surface area contributed by atoms with Crippen molar-refractivity contribution in [3.8, 4) is 0 Å². The maximum absolute atomic E-state index is 13.2. The molecule has 0 N–H and O–H groups in total. The van der Waals surface area contributed by atoms with Crippen LogP contribution in [0, 0.1) is 0 Å². The van der Waals surface area contributed by atoms with Crippen molar-refractivity contribution >= 4 is 44.8 Å². The average molecular weight is 413 g/mol. The number of sulfonamides is 1. The Morgan fingerprint density at radius 2 is 1.58 bits per heavy atom. The number of hydrogen-bond donors (Lipinski definition) is 0. The van der Waals surface area contributed by atoms with E-state index in [0.717, 1.165) is 17.1 Å². The number of likely N-dealkylation sites (tertiary alicyclic amines) is 1. The molecule has 0 spiro atoms. The molecule has 0 radical (unpaired) electrons. The standard InChI is InChI=1S/C18H18Cl2N2O3S/c19-14-10-15(20)12-16(11-14)22(13-18(23)21-8-4-5-9-21)26(24,25)17-6-2-1-3-7-17/h1-3,6-7,10-12H,4-5,8-9,13H2. The Kier molecular flexibility index (Phi) is 5.75. The highest BCUT2D eigenvalue weighted by molar-refractivity contribution is 7.92. The molecule has 0 atom stereocenters. The van der Waals surface area contributed by atoms with Gasteiger partial charge in [-0.2, -0.15) is 0 Å². The second-order valence-electron chi connectivity index (χ2n) is 6.04. The highest BCUT2D eigenvalue weighted by Gasteiger charge is 2.30. The molecule has 1 saturated heterocycles. The first-order valence-electron chi connectivity index (χ1n) is 8.19. The molecule has 1 heterocycles. The van der Waals surface area contributed by atoms with Crippen molar-refractivity contribution in [1.82, 2.24) is 4.90 Å². The molecule has 1 amide bonds. The first kappa shape index (κ1) is 19.0. The summed E-state index contributed by atoms with van der Waals surface area (Å²) in [6, 6.07) is 12.5. The van der Waals surface area contributed by atoms with Gasteiger partial charge in [-0.15, -0.1) is 0 Å². The lowest BCUT2D eigenvalue weighted by atomic mass is 10.3. The zero-order valence-electron chi connectivity index (χ0n) is 13.9. The van der Waals surface area contributed by atoms with Gasteiger partial charge in [0.05, 0.1) is 10.6 Å². The van der Waals surface area contributed by atoms with Gasteiger partial charge in [-0.1, -0.05) is 41.4 Å². The predicted molar refractivity (Wildman–Crippen MR) is 103 cm³/mol. The fraction of sp³-hybridized carbons (Fsp3) is 0.278. The van der Waals surface area contributed by atoms with E-state index in [1.165, 1.54) is 30.3 Å². The van der Waals surface area contributed by atoms with Crippen LogP contribution in [0.25, 0.3) is 0 Å². The number of amides is 1. The van der Waals surface area contributed by atoms with E-state index < -0.39 is 10.0 Å². The zero-order valence-corrected chi connectivity index (χ0v) is 16.3. The number of hydrogen-bond acceptors (Lipinski definition) is 3. The normalized spacial score (nSPS) is 14.5. The number of halogens is 2. The van der Waals surface area contributed by atoms with E-state index >= 15 is 0 Å². The highest BCUT2D eigenvalue weighted by Crippen LogP contribution is 2.30. The van der Waals surface area contributed by atoms with Crippen molar-refractivity contribution in [3.63, 3.8) is 0 Å². The minimum absolute atomic E-state index is 0.102. The van der Waals surface area contributed by atoms with Gasteiger partial charge in [0.25, 0.3) is 10.0 Å². The van der Waals surface area contributed by atoms with Crippen LogP contribution in [0.1, 0.15) is 12.8 Å². The van der Waals surface area contributed by atoms with Gasteiger partial charge in [0.2, 0.25) is 5.91 Å². The van der Waals surface area contributed by atoms with Crippen LogP contribution in [-0.2, 0) is 14.8 Å². The summed E-state index contributed by atoms with van der Waals surface area (Å²) < 4.78 is 27.4. The molecule has 0 bridgehead atoms. The Labute approximate surface area is 163 Å². The smallest absolute Gasteiger partial charge is 0.264 e. The Hall–Kier alpha value is -1.76. The molecule has 26 heavy (non-hydrogen) atoms. The largest absolute Gasteiger partial charge is 0.341 e. The Bertz CT molecular complexity index is 878. The quantitative estimate of drug-likeness (QED) is 0.749. The third-order valence-electron chi connectivity index (χ3n) is 4.20. The average Bonchev–Trinajstić information content (AvgIpc) is 3.14. The lowest BCUT2D eigenvalue weighted by Crippen LogP contribution is -2.42. The SMILES string of the molecule is O=C(CN(c1cc(Cl)cc(Cl)c1)S(=O)(=O)c1ccccc1)N1CCCC1. The summed E-state index contributed by atoms with van der Waals surface area (Å²) in [4.78, 5) is 14.4. The Morgan fingerprint density at radius 1 is 1.00 bits per heavy atom. The van der Waals surface area contributed by atoms with Crippen molar-refractivity contribution in [3.05, 3.63) is 58.6 Å². The van der Waals surface area contributed by atoms with Crippen molar-refractivity contribution in [2.45, 2.75) is 17.7 Å². The second-order valence-corrected chi connectivity index (χ2v) is 8.78. The number of anilines is 1. The molecule has 8 heteroatoms. The number of nitrogens with zero attached hydrogens (tertiary/aromatic N) is 2. The van der Waals surface area contributed by atoms with Crippen LogP contribution in [0.15, 0.2) is 53.4 Å². The lowest BCUT2D eigenvalue weighted by Gasteiger charge is -2.26. The van der Waals surface area contributed by atoms with E-state index in [1.807, 2.05) is 0 Å². The van der Waals surface area contributed by atoms with E-state index in [1.54, 1.807) is 23.1 Å². The summed E-state index contributed by atoms with van der Waals surface area (Å²) in [6.07, 6.45) is 1.86. The molecular formula is C18H18Cl2N2O3S. The summed E-state index contributed by atoms with van der Waals surface area (Å²) >= 11 is 12.1. The third-order valence-corrected chi connectivity index (χ3v) is 6.43. The van der Waals surface area contributed by atoms with E-state index in [4.69, 9.17) is 23.2 Å². The summed E-state index contributed by atoms with van der Waals surface area (Å²) in [7, 11) is -3.94. The highest BCUT2D eigenvalue weighted by atomic mass is 35.5. The van der Waals surface area contributed by atoms with Crippen molar-refractivity contribution < 1.29 is 13.2 Å². The summed E-state index contributed by atoms with van der Waals surface area (Å²) in [5.41, 5.74) is 0.263. The third kappa shape index (κ3) is 4.14. The van der Waals surface area contributed by atoms with Crippen LogP contribution in [0.4, 0.5) is 5.69 Å². The van der Waals surface area contributed by atoms with Gasteiger partial charge in [0, 0.05) is 23.1 Å². The number of carbonyl (C=O) groups excluding carboxylic acids is 1. The molecule has 2 aromatic rings. The number of rotatable bonds is 5. The van der Waals surface area contributed by atoms with E-state index in [9.17, 15) is 13.2 Å². The van der Waals surface area contributed by atoms with Gasteiger partial charge in [-0.3, -0.25) is 9.10 Å². The zero-order chi connectivity index (χ0) is 18.7. The molecule has 0 saturated carbocycles. The van der Waals surface area contributed by atoms with E-state index in [0.29, 0.717) is 23.1 Å². The van der Waals surface area contributed by atoms with Gasteiger partial charge in [-0.25, -0.2) is 8.42 Å². The van der Waals surface area contributed by atoms with E-state index in [-0.39, 0.29) is 23.0 Å². The Balaban J connectivity index is 2.02.